The molecule has 0 radical (unpaired) electrons. The zero-order valence-corrected chi connectivity index (χ0v) is 24.8. The summed E-state index contributed by atoms with van der Waals surface area (Å²) in [5.41, 5.74) is 19.9. The number of carbonyl (C=O) groups is 1. The number of hydrogen-bond donors (Lipinski definition) is 4. The van der Waals surface area contributed by atoms with Gasteiger partial charge in [0.2, 0.25) is 0 Å². The minimum absolute atomic E-state index is 0.178. The molecule has 0 aliphatic heterocycles. The number of aromatic nitrogens is 3. The van der Waals surface area contributed by atoms with Crippen molar-refractivity contribution in [1.82, 2.24) is 15.0 Å². The number of nitrogens with two attached hydrogens (primary N) is 3. The maximum atomic E-state index is 13.2. The third-order valence-corrected chi connectivity index (χ3v) is 5.54. The van der Waals surface area contributed by atoms with Crippen LogP contribution < -0.4 is 17.2 Å². The third kappa shape index (κ3) is 14.0. The topological polar surface area (TPSA) is 149 Å². The van der Waals surface area contributed by atoms with E-state index in [1.54, 1.807) is 37.5 Å². The Morgan fingerprint density at radius 3 is 2.15 bits per heavy atom. The van der Waals surface area contributed by atoms with Crippen LogP contribution >= 0.6 is 0 Å². The third-order valence-electron chi connectivity index (χ3n) is 5.54. The molecule has 0 atom stereocenters. The monoisotopic (exact) mass is 563 g/mol. The first-order valence-electron chi connectivity index (χ1n) is 13.5. The maximum absolute atomic E-state index is 13.2. The summed E-state index contributed by atoms with van der Waals surface area (Å²) in [6.07, 6.45) is 17.0. The molecule has 1 aliphatic rings. The Morgan fingerprint density at radius 1 is 1.10 bits per heavy atom. The second kappa shape index (κ2) is 21.5. The first-order valence-corrected chi connectivity index (χ1v) is 13.5. The van der Waals surface area contributed by atoms with E-state index in [0.29, 0.717) is 12.2 Å². The van der Waals surface area contributed by atoms with Crippen molar-refractivity contribution in [1.29, 1.82) is 0 Å². The maximum Gasteiger partial charge on any atom is 0.267 e. The van der Waals surface area contributed by atoms with Crippen LogP contribution in [0.15, 0.2) is 86.1 Å². The van der Waals surface area contributed by atoms with Gasteiger partial charge in [0, 0.05) is 36.1 Å². The molecule has 9 heteroatoms. The number of aliphatic imine (C=N–C) groups is 1. The summed E-state index contributed by atoms with van der Waals surface area (Å²) in [5.74, 6) is -1.27. The molecule has 0 bridgehead atoms. The zero-order valence-electron chi connectivity index (χ0n) is 24.8. The molecule has 3 heterocycles. The molecule has 1 saturated carbocycles. The van der Waals surface area contributed by atoms with Gasteiger partial charge in [-0.3, -0.25) is 9.78 Å². The van der Waals surface area contributed by atoms with Crippen LogP contribution in [0.5, 0.6) is 0 Å². The van der Waals surface area contributed by atoms with E-state index in [2.05, 4.69) is 46.3 Å². The summed E-state index contributed by atoms with van der Waals surface area (Å²) in [5, 5.41) is 0.891. The summed E-state index contributed by atoms with van der Waals surface area (Å²) >= 11 is 0. The average Bonchev–Trinajstić information content (AvgIpc) is 3.43. The van der Waals surface area contributed by atoms with Crippen molar-refractivity contribution in [3.63, 3.8) is 0 Å². The molecule has 4 rings (SSSR count). The SMILES string of the molecule is C1CCCCC1.C=C.C=C(N=C(N)/C(F)=C\C)c1c[nH]c2ncc(C)cc12.C=CC.NCc1ccnc(C(N)=O)c1. The van der Waals surface area contributed by atoms with Crippen LogP contribution in [0.3, 0.4) is 0 Å². The van der Waals surface area contributed by atoms with E-state index < -0.39 is 11.7 Å². The number of pyridine rings is 2. The average molecular weight is 564 g/mol. The zero-order chi connectivity index (χ0) is 31.2. The first kappa shape index (κ1) is 36.6. The minimum Gasteiger partial charge on any atom is -0.381 e. The van der Waals surface area contributed by atoms with Gasteiger partial charge >= 0.3 is 0 Å². The van der Waals surface area contributed by atoms with Gasteiger partial charge in [-0.15, -0.1) is 19.7 Å². The molecular formula is C32H46FN7O. The number of fused-ring (bicyclic) bond motifs is 1. The van der Waals surface area contributed by atoms with Crippen molar-refractivity contribution in [2.45, 2.75) is 65.8 Å². The molecule has 1 amide bonds. The second-order valence-corrected chi connectivity index (χ2v) is 8.84. The van der Waals surface area contributed by atoms with Crippen molar-refractivity contribution in [2.24, 2.45) is 22.2 Å². The number of amides is 1. The highest BCUT2D eigenvalue weighted by atomic mass is 19.1. The summed E-state index contributed by atoms with van der Waals surface area (Å²) in [4.78, 5) is 25.6. The van der Waals surface area contributed by atoms with Crippen LogP contribution in [-0.4, -0.2) is 26.7 Å². The Hall–Kier alpha value is -4.37. The number of H-pyrrole nitrogens is 1. The molecule has 1 fully saturated rings. The van der Waals surface area contributed by atoms with Gasteiger partial charge in [0.25, 0.3) is 5.91 Å². The lowest BCUT2D eigenvalue weighted by atomic mass is 10.0. The van der Waals surface area contributed by atoms with Crippen molar-refractivity contribution in [3.05, 3.63) is 103 Å². The number of halogens is 1. The lowest BCUT2D eigenvalue weighted by molar-refractivity contribution is 0.0995. The van der Waals surface area contributed by atoms with Gasteiger partial charge in [0.1, 0.15) is 11.3 Å². The van der Waals surface area contributed by atoms with Gasteiger partial charge in [-0.05, 0) is 56.2 Å². The molecule has 3 aromatic rings. The number of nitrogens with one attached hydrogen (secondary N) is 1. The lowest BCUT2D eigenvalue weighted by Gasteiger charge is -2.05. The number of aromatic amines is 1. The number of amidine groups is 1. The number of hydrogen-bond acceptors (Lipinski definition) is 5. The van der Waals surface area contributed by atoms with Crippen LogP contribution in [0.4, 0.5) is 4.39 Å². The lowest BCUT2D eigenvalue weighted by Crippen LogP contribution is -2.13. The molecule has 0 unspecified atom stereocenters. The van der Waals surface area contributed by atoms with Crippen molar-refractivity contribution >= 4 is 28.5 Å². The van der Waals surface area contributed by atoms with Crippen LogP contribution in [0.1, 0.15) is 79.6 Å². The Balaban J connectivity index is 0.000000610. The van der Waals surface area contributed by atoms with E-state index >= 15 is 0 Å². The smallest absolute Gasteiger partial charge is 0.267 e. The van der Waals surface area contributed by atoms with E-state index in [1.165, 1.54) is 50.8 Å². The predicted octanol–water partition coefficient (Wildman–Crippen LogP) is 7.05. The Bertz CT molecular complexity index is 1280. The van der Waals surface area contributed by atoms with Gasteiger partial charge in [-0.2, -0.15) is 0 Å². The predicted molar refractivity (Wildman–Crippen MR) is 172 cm³/mol. The fraction of sp³-hybridized carbons (Fsp3) is 0.312. The number of nitrogens with zero attached hydrogens (tertiary/aromatic N) is 3. The molecule has 0 aromatic carbocycles. The van der Waals surface area contributed by atoms with Crippen LogP contribution in [0.2, 0.25) is 0 Å². The molecule has 8 nitrogen and oxygen atoms in total. The second-order valence-electron chi connectivity index (χ2n) is 8.84. The molecule has 0 spiro atoms. The summed E-state index contributed by atoms with van der Waals surface area (Å²) in [7, 11) is 0. The van der Waals surface area contributed by atoms with Crippen LogP contribution in [0.25, 0.3) is 16.7 Å². The van der Waals surface area contributed by atoms with Gasteiger partial charge in [0.05, 0.1) is 5.70 Å². The molecule has 1 aliphatic carbocycles. The summed E-state index contributed by atoms with van der Waals surface area (Å²) < 4.78 is 13.2. The molecule has 222 valence electrons. The van der Waals surface area contributed by atoms with E-state index in [1.807, 2.05) is 19.9 Å². The van der Waals surface area contributed by atoms with E-state index in [0.717, 1.165) is 27.7 Å². The van der Waals surface area contributed by atoms with E-state index in [-0.39, 0.29) is 11.5 Å². The Morgan fingerprint density at radius 2 is 1.66 bits per heavy atom. The largest absolute Gasteiger partial charge is 0.381 e. The van der Waals surface area contributed by atoms with Crippen molar-refractivity contribution in [2.75, 3.05) is 0 Å². The van der Waals surface area contributed by atoms with Crippen LogP contribution in [-0.2, 0) is 6.54 Å². The highest BCUT2D eigenvalue weighted by Gasteiger charge is 2.09. The number of carbonyl (C=O) groups excluding carboxylic acids is 1. The Kier molecular flexibility index (Phi) is 19.2. The fourth-order valence-electron chi connectivity index (χ4n) is 3.55. The van der Waals surface area contributed by atoms with Crippen LogP contribution in [0, 0.1) is 6.92 Å². The highest BCUT2D eigenvalue weighted by Crippen LogP contribution is 2.24. The van der Waals surface area contributed by atoms with E-state index in [9.17, 15) is 9.18 Å². The highest BCUT2D eigenvalue weighted by molar-refractivity contribution is 6.00. The number of primary amides is 1. The standard InChI is InChI=1S/C14H15FN4.C7H9N3O.C6H12.C3H6.C2H4/c1-4-12(15)13(16)19-9(3)11-7-18-14-10(11)5-8(2)6-17-14;8-4-5-1-2-10-6(3-5)7(9)11;1-2-4-6-5-3-1;1-3-2;1-2/h4-7H,3H2,1-2H3,(H2,16,19)(H,17,18);1-3H,4,8H2,(H2,9,11);1-6H2;3H,1H2,2H3;1-2H2/b12-4+;;;;. The molecule has 41 heavy (non-hydrogen) atoms. The minimum atomic E-state index is -0.560. The fourth-order valence-corrected chi connectivity index (χ4v) is 3.55. The van der Waals surface area contributed by atoms with Gasteiger partial charge in [-0.25, -0.2) is 14.4 Å². The molecular weight excluding hydrogens is 517 g/mol. The first-order chi connectivity index (χ1) is 19.7. The number of aryl methyl sites for hydroxylation is 1. The molecule has 7 N–H and O–H groups in total. The van der Waals surface area contributed by atoms with Crippen molar-refractivity contribution in [3.8, 4) is 0 Å². The number of rotatable bonds is 5. The normalized spacial score (nSPS) is 12.5. The quantitative estimate of drug-likeness (QED) is 0.149. The summed E-state index contributed by atoms with van der Waals surface area (Å²) in [6.45, 7) is 19.0. The van der Waals surface area contributed by atoms with Crippen molar-refractivity contribution < 1.29 is 9.18 Å². The molecule has 3 aromatic heterocycles. The molecule has 0 saturated heterocycles. The van der Waals surface area contributed by atoms with Gasteiger partial charge in [-0.1, -0.05) is 51.2 Å². The van der Waals surface area contributed by atoms with E-state index in [4.69, 9.17) is 17.2 Å². The van der Waals surface area contributed by atoms with Gasteiger partial charge in [0.15, 0.2) is 11.7 Å². The Labute approximate surface area is 244 Å². The van der Waals surface area contributed by atoms with Gasteiger partial charge < -0.3 is 22.2 Å². The summed E-state index contributed by atoms with van der Waals surface area (Å²) in [6, 6.07) is 5.30. The number of allylic oxidation sites excluding steroid dienone is 2.